The molecule has 1 aromatic rings. The Morgan fingerprint density at radius 2 is 1.95 bits per heavy atom. The Morgan fingerprint density at radius 3 is 2.52 bits per heavy atom. The summed E-state index contributed by atoms with van der Waals surface area (Å²) >= 11 is 0. The summed E-state index contributed by atoms with van der Waals surface area (Å²) in [6.45, 7) is -0.573. The molecule has 0 spiro atoms. The second-order valence-electron chi connectivity index (χ2n) is 4.78. The van der Waals surface area contributed by atoms with Crippen LogP contribution >= 0.6 is 0 Å². The van der Waals surface area contributed by atoms with Gasteiger partial charge in [-0.2, -0.15) is 0 Å². The van der Waals surface area contributed by atoms with Gasteiger partial charge in [-0.15, -0.1) is 0 Å². The van der Waals surface area contributed by atoms with Gasteiger partial charge in [0.05, 0.1) is 6.61 Å². The van der Waals surface area contributed by atoms with E-state index >= 15 is 0 Å². The van der Waals surface area contributed by atoms with Gasteiger partial charge < -0.3 is 30.5 Å². The molecule has 0 aliphatic carbocycles. The van der Waals surface area contributed by atoms with Crippen molar-refractivity contribution in [2.24, 2.45) is 7.05 Å². The minimum absolute atomic E-state index is 0.0209. The fourth-order valence-electron chi connectivity index (χ4n) is 2.01. The van der Waals surface area contributed by atoms with Gasteiger partial charge in [-0.05, 0) is 0 Å². The zero-order valence-electron chi connectivity index (χ0n) is 11.1. The molecule has 1 aliphatic heterocycles. The number of hydrogen-bond donors (Lipinski definition) is 6. The van der Waals surface area contributed by atoms with Crippen molar-refractivity contribution in [1.82, 2.24) is 9.55 Å². The second-order valence-corrected chi connectivity index (χ2v) is 4.78. The summed E-state index contributed by atoms with van der Waals surface area (Å²) in [5, 5.41) is 40.7. The fraction of sp³-hybridized carbons (Fsp3) is 0.636. The summed E-state index contributed by atoms with van der Waals surface area (Å²) in [7, 11) is 1.29. The van der Waals surface area contributed by atoms with Crippen LogP contribution in [0.2, 0.25) is 0 Å². The maximum Gasteiger partial charge on any atom is 0.329 e. The Labute approximate surface area is 118 Å². The molecule has 10 nitrogen and oxygen atoms in total. The van der Waals surface area contributed by atoms with E-state index in [1.54, 1.807) is 0 Å². The van der Waals surface area contributed by atoms with Crippen molar-refractivity contribution in [2.45, 2.75) is 30.6 Å². The molecule has 1 aliphatic rings. The first kappa shape index (κ1) is 15.7. The standard InChI is InChI=1S/C11H17N3O7/c1-14-6(16)2-5(13-11(14)20)12-10-9(19)8(18)7(17)4(3-15)21-10/h2,4,7-10,12,15,17-19H,3H2,1H3,(H,13,20)/t4-,7+,8+,9+,10-/m0/s1. The number of nitrogens with one attached hydrogen (secondary N) is 2. The van der Waals surface area contributed by atoms with Gasteiger partial charge in [0.1, 0.15) is 30.2 Å². The lowest BCUT2D eigenvalue weighted by atomic mass is 9.98. The van der Waals surface area contributed by atoms with Crippen molar-refractivity contribution in [2.75, 3.05) is 11.9 Å². The third-order valence-corrected chi connectivity index (χ3v) is 3.33. The van der Waals surface area contributed by atoms with Crippen LogP contribution in [-0.4, -0.2) is 67.2 Å². The van der Waals surface area contributed by atoms with Crippen LogP contribution in [0.3, 0.4) is 0 Å². The van der Waals surface area contributed by atoms with Crippen molar-refractivity contribution in [3.63, 3.8) is 0 Å². The summed E-state index contributed by atoms with van der Waals surface area (Å²) in [5.74, 6) is -0.0209. The highest BCUT2D eigenvalue weighted by atomic mass is 16.6. The van der Waals surface area contributed by atoms with E-state index in [2.05, 4.69) is 10.3 Å². The maximum absolute atomic E-state index is 11.5. The highest BCUT2D eigenvalue weighted by Crippen LogP contribution is 2.21. The Balaban J connectivity index is 2.22. The minimum atomic E-state index is -1.55. The summed E-state index contributed by atoms with van der Waals surface area (Å²) in [6, 6.07) is 1.07. The maximum atomic E-state index is 11.5. The third kappa shape index (κ3) is 2.99. The van der Waals surface area contributed by atoms with Crippen LogP contribution in [0.1, 0.15) is 0 Å². The van der Waals surface area contributed by atoms with Gasteiger partial charge in [0.2, 0.25) is 0 Å². The molecule has 6 N–H and O–H groups in total. The number of hydrogen-bond acceptors (Lipinski definition) is 8. The Kier molecular flexibility index (Phi) is 4.44. The number of aromatic nitrogens is 2. The van der Waals surface area contributed by atoms with Gasteiger partial charge in [-0.25, -0.2) is 4.79 Å². The molecule has 1 aromatic heterocycles. The number of anilines is 1. The van der Waals surface area contributed by atoms with Gasteiger partial charge in [0, 0.05) is 13.1 Å². The monoisotopic (exact) mass is 303 g/mol. The molecule has 1 fully saturated rings. The molecular weight excluding hydrogens is 286 g/mol. The van der Waals surface area contributed by atoms with Crippen molar-refractivity contribution >= 4 is 5.82 Å². The lowest BCUT2D eigenvalue weighted by Gasteiger charge is -2.40. The number of aliphatic hydroxyl groups excluding tert-OH is 4. The number of aromatic amines is 1. The molecule has 0 saturated carbocycles. The zero-order valence-corrected chi connectivity index (χ0v) is 11.1. The van der Waals surface area contributed by atoms with E-state index in [1.807, 2.05) is 0 Å². The molecule has 2 heterocycles. The van der Waals surface area contributed by atoms with Crippen LogP contribution in [0.25, 0.3) is 0 Å². The molecule has 0 bridgehead atoms. The average Bonchev–Trinajstić information content (AvgIpc) is 2.45. The number of H-pyrrole nitrogens is 1. The Hall–Kier alpha value is -1.72. The van der Waals surface area contributed by atoms with Gasteiger partial charge in [0.15, 0.2) is 6.23 Å². The molecule has 118 valence electrons. The topological polar surface area (TPSA) is 157 Å². The molecule has 1 saturated heterocycles. The third-order valence-electron chi connectivity index (χ3n) is 3.33. The van der Waals surface area contributed by atoms with Crippen molar-refractivity contribution in [3.8, 4) is 0 Å². The predicted molar refractivity (Wildman–Crippen MR) is 69.7 cm³/mol. The van der Waals surface area contributed by atoms with Crippen LogP contribution in [0.4, 0.5) is 5.82 Å². The number of rotatable bonds is 3. The molecule has 21 heavy (non-hydrogen) atoms. The minimum Gasteiger partial charge on any atom is -0.394 e. The normalized spacial score (nSPS) is 32.9. The molecule has 0 aromatic carbocycles. The Morgan fingerprint density at radius 1 is 1.29 bits per heavy atom. The fourth-order valence-corrected chi connectivity index (χ4v) is 2.01. The van der Waals surface area contributed by atoms with Crippen LogP contribution in [0.15, 0.2) is 15.7 Å². The first-order chi connectivity index (χ1) is 9.85. The van der Waals surface area contributed by atoms with E-state index in [4.69, 9.17) is 9.84 Å². The summed E-state index contributed by atoms with van der Waals surface area (Å²) in [4.78, 5) is 25.3. The van der Waals surface area contributed by atoms with Crippen LogP contribution in [-0.2, 0) is 11.8 Å². The predicted octanol–water partition coefficient (Wildman–Crippen LogP) is -3.71. The lowest BCUT2D eigenvalue weighted by molar-refractivity contribution is -0.221. The van der Waals surface area contributed by atoms with Crippen LogP contribution < -0.4 is 16.6 Å². The largest absolute Gasteiger partial charge is 0.394 e. The van der Waals surface area contributed by atoms with E-state index in [0.717, 1.165) is 10.6 Å². The van der Waals surface area contributed by atoms with Gasteiger partial charge >= 0.3 is 5.69 Å². The highest BCUT2D eigenvalue weighted by molar-refractivity contribution is 5.33. The molecule has 2 rings (SSSR count). The number of nitrogens with zero attached hydrogens (tertiary/aromatic N) is 1. The number of aliphatic hydroxyl groups is 4. The smallest absolute Gasteiger partial charge is 0.329 e. The number of ether oxygens (including phenoxy) is 1. The van der Waals surface area contributed by atoms with Gasteiger partial charge in [0.25, 0.3) is 5.56 Å². The summed E-state index contributed by atoms with van der Waals surface area (Å²) in [6.07, 6.45) is -6.85. The summed E-state index contributed by atoms with van der Waals surface area (Å²) in [5.41, 5.74) is -1.25. The lowest BCUT2D eigenvalue weighted by Crippen LogP contribution is -2.60. The van der Waals surface area contributed by atoms with Crippen molar-refractivity contribution in [1.29, 1.82) is 0 Å². The molecule has 5 atom stereocenters. The van der Waals surface area contributed by atoms with E-state index < -0.39 is 48.5 Å². The van der Waals surface area contributed by atoms with Crippen molar-refractivity contribution < 1.29 is 25.2 Å². The first-order valence-electron chi connectivity index (χ1n) is 6.22. The Bertz CT molecular complexity index is 579. The molecule has 0 unspecified atom stereocenters. The molecule has 10 heteroatoms. The SMILES string of the molecule is Cn1c(=O)cc(N[C@H]2O[C@@H](CO)[C@@H](O)[C@@H](O)[C@H]2O)[nH]c1=O. The van der Waals surface area contributed by atoms with Gasteiger partial charge in [-0.3, -0.25) is 14.3 Å². The molecule has 0 amide bonds. The van der Waals surface area contributed by atoms with Crippen molar-refractivity contribution in [3.05, 3.63) is 26.9 Å². The van der Waals surface area contributed by atoms with E-state index in [-0.39, 0.29) is 5.82 Å². The van der Waals surface area contributed by atoms with E-state index in [9.17, 15) is 24.9 Å². The van der Waals surface area contributed by atoms with Crippen LogP contribution in [0.5, 0.6) is 0 Å². The van der Waals surface area contributed by atoms with E-state index in [1.165, 1.54) is 7.05 Å². The average molecular weight is 303 g/mol. The quantitative estimate of drug-likeness (QED) is 0.333. The highest BCUT2D eigenvalue weighted by Gasteiger charge is 2.43. The van der Waals surface area contributed by atoms with Gasteiger partial charge in [-0.1, -0.05) is 0 Å². The summed E-state index contributed by atoms with van der Waals surface area (Å²) < 4.78 is 6.04. The second kappa shape index (κ2) is 5.95. The molecular formula is C11H17N3O7. The first-order valence-corrected chi connectivity index (χ1v) is 6.22. The van der Waals surface area contributed by atoms with Crippen LogP contribution in [0, 0.1) is 0 Å². The zero-order chi connectivity index (χ0) is 15.7. The van der Waals surface area contributed by atoms with E-state index in [0.29, 0.717) is 0 Å². The molecule has 0 radical (unpaired) electrons.